The van der Waals surface area contributed by atoms with Gasteiger partial charge in [-0.25, -0.2) is 4.39 Å². The molecule has 0 saturated heterocycles. The number of hydrogen-bond donors (Lipinski definition) is 0. The molecule has 2 aromatic rings. The van der Waals surface area contributed by atoms with Crippen molar-refractivity contribution in [2.24, 2.45) is 0 Å². The molecule has 118 valence electrons. The second-order valence-corrected chi connectivity index (χ2v) is 6.97. The Morgan fingerprint density at radius 2 is 1.55 bits per heavy atom. The van der Waals surface area contributed by atoms with E-state index in [9.17, 15) is 4.39 Å². The van der Waals surface area contributed by atoms with Crippen molar-refractivity contribution in [2.45, 2.75) is 38.5 Å². The highest BCUT2D eigenvalue weighted by atomic mass is 35.5. The van der Waals surface area contributed by atoms with E-state index < -0.39 is 0 Å². The molecule has 0 radical (unpaired) electrons. The van der Waals surface area contributed by atoms with Crippen LogP contribution in [0.5, 0.6) is 0 Å². The fourth-order valence-electron chi connectivity index (χ4n) is 2.54. The van der Waals surface area contributed by atoms with Crippen LogP contribution in [0.2, 0.25) is 15.1 Å². The standard InChI is InChI=1S/C18H18Cl3F/c1-11(13-5-8-16(20)17(21)9-13)3-4-12(2)15-7-6-14(19)10-18(15)22/h5-12H,3-4H2,1-2H3. The Balaban J connectivity index is 2.00. The predicted octanol–water partition coefficient (Wildman–Crippen LogP) is 7.47. The molecule has 2 unspecified atom stereocenters. The Labute approximate surface area is 146 Å². The summed E-state index contributed by atoms with van der Waals surface area (Å²) >= 11 is 17.8. The molecule has 0 aliphatic rings. The van der Waals surface area contributed by atoms with E-state index >= 15 is 0 Å². The van der Waals surface area contributed by atoms with Gasteiger partial charge in [-0.05, 0) is 60.1 Å². The summed E-state index contributed by atoms with van der Waals surface area (Å²) in [5.41, 5.74) is 1.86. The van der Waals surface area contributed by atoms with Crippen LogP contribution in [-0.2, 0) is 0 Å². The third-order valence-corrected chi connectivity index (χ3v) is 5.01. The molecule has 0 bridgehead atoms. The van der Waals surface area contributed by atoms with Gasteiger partial charge in [0, 0.05) is 5.02 Å². The average Bonchev–Trinajstić information content (AvgIpc) is 2.47. The second-order valence-electron chi connectivity index (χ2n) is 5.72. The monoisotopic (exact) mass is 358 g/mol. The zero-order valence-corrected chi connectivity index (χ0v) is 14.8. The van der Waals surface area contributed by atoms with Crippen LogP contribution < -0.4 is 0 Å². The Bertz CT molecular complexity index is 655. The summed E-state index contributed by atoms with van der Waals surface area (Å²) in [6.07, 6.45) is 1.83. The molecule has 0 saturated carbocycles. The third-order valence-electron chi connectivity index (χ3n) is 4.04. The Kier molecular flexibility index (Phi) is 6.14. The molecule has 0 aliphatic carbocycles. The van der Waals surface area contributed by atoms with Crippen LogP contribution in [0.4, 0.5) is 4.39 Å². The minimum absolute atomic E-state index is 0.141. The maximum atomic E-state index is 13.9. The van der Waals surface area contributed by atoms with E-state index in [0.29, 0.717) is 26.5 Å². The van der Waals surface area contributed by atoms with Gasteiger partial charge in [0.1, 0.15) is 5.82 Å². The first kappa shape index (κ1) is 17.6. The fraction of sp³-hybridized carbons (Fsp3) is 0.333. The first-order chi connectivity index (χ1) is 10.4. The van der Waals surface area contributed by atoms with Gasteiger partial charge in [-0.15, -0.1) is 0 Å². The van der Waals surface area contributed by atoms with Gasteiger partial charge in [-0.2, -0.15) is 0 Å². The summed E-state index contributed by atoms with van der Waals surface area (Å²) in [5.74, 6) is 0.247. The van der Waals surface area contributed by atoms with Crippen LogP contribution in [0.1, 0.15) is 49.7 Å². The zero-order chi connectivity index (χ0) is 16.3. The third kappa shape index (κ3) is 4.38. The Morgan fingerprint density at radius 1 is 0.864 bits per heavy atom. The summed E-state index contributed by atoms with van der Waals surface area (Å²) in [6.45, 7) is 4.18. The molecular formula is C18H18Cl3F. The van der Waals surface area contributed by atoms with Crippen molar-refractivity contribution < 1.29 is 4.39 Å². The lowest BCUT2D eigenvalue weighted by Crippen LogP contribution is -2.01. The summed E-state index contributed by atoms with van der Waals surface area (Å²) < 4.78 is 13.9. The van der Waals surface area contributed by atoms with Gasteiger partial charge in [-0.1, -0.05) is 60.8 Å². The van der Waals surface area contributed by atoms with Crippen molar-refractivity contribution in [2.75, 3.05) is 0 Å². The highest BCUT2D eigenvalue weighted by molar-refractivity contribution is 6.42. The highest BCUT2D eigenvalue weighted by Gasteiger charge is 2.14. The fourth-order valence-corrected chi connectivity index (χ4v) is 3.01. The van der Waals surface area contributed by atoms with E-state index in [1.807, 2.05) is 25.1 Å². The molecule has 0 aliphatic heterocycles. The van der Waals surface area contributed by atoms with E-state index in [-0.39, 0.29) is 11.7 Å². The summed E-state index contributed by atoms with van der Waals surface area (Å²) in [4.78, 5) is 0. The van der Waals surface area contributed by atoms with Crippen LogP contribution in [0.25, 0.3) is 0 Å². The summed E-state index contributed by atoms with van der Waals surface area (Å²) in [6, 6.07) is 10.6. The molecule has 0 aromatic heterocycles. The molecule has 0 N–H and O–H groups in total. The normalized spacial score (nSPS) is 13.9. The molecule has 2 rings (SSSR count). The lowest BCUT2D eigenvalue weighted by Gasteiger charge is -2.17. The van der Waals surface area contributed by atoms with Gasteiger partial charge in [0.15, 0.2) is 0 Å². The van der Waals surface area contributed by atoms with Crippen LogP contribution in [-0.4, -0.2) is 0 Å². The second kappa shape index (κ2) is 7.68. The lowest BCUT2D eigenvalue weighted by atomic mass is 9.89. The summed E-state index contributed by atoms with van der Waals surface area (Å²) in [7, 11) is 0. The van der Waals surface area contributed by atoms with Crippen LogP contribution >= 0.6 is 34.8 Å². The van der Waals surface area contributed by atoms with Crippen molar-refractivity contribution in [3.05, 3.63) is 68.4 Å². The van der Waals surface area contributed by atoms with Gasteiger partial charge in [0.2, 0.25) is 0 Å². The minimum Gasteiger partial charge on any atom is -0.207 e. The average molecular weight is 360 g/mol. The zero-order valence-electron chi connectivity index (χ0n) is 12.5. The maximum absolute atomic E-state index is 13.9. The molecule has 0 spiro atoms. The lowest BCUT2D eigenvalue weighted by molar-refractivity contribution is 0.538. The number of rotatable bonds is 5. The number of benzene rings is 2. The minimum atomic E-state index is -0.234. The molecule has 2 aromatic carbocycles. The smallest absolute Gasteiger partial charge is 0.128 e. The Hall–Kier alpha value is -0.760. The van der Waals surface area contributed by atoms with E-state index in [1.165, 1.54) is 6.07 Å². The van der Waals surface area contributed by atoms with Crippen molar-refractivity contribution >= 4 is 34.8 Å². The van der Waals surface area contributed by atoms with E-state index in [0.717, 1.165) is 18.4 Å². The number of hydrogen-bond acceptors (Lipinski definition) is 0. The highest BCUT2D eigenvalue weighted by Crippen LogP contribution is 2.32. The predicted molar refractivity (Wildman–Crippen MR) is 93.9 cm³/mol. The van der Waals surface area contributed by atoms with Gasteiger partial charge >= 0.3 is 0 Å². The molecule has 0 fully saturated rings. The molecule has 0 heterocycles. The quantitative estimate of drug-likeness (QED) is 0.519. The van der Waals surface area contributed by atoms with E-state index in [4.69, 9.17) is 34.8 Å². The van der Waals surface area contributed by atoms with Gasteiger partial charge in [-0.3, -0.25) is 0 Å². The molecular weight excluding hydrogens is 342 g/mol. The maximum Gasteiger partial charge on any atom is 0.128 e. The van der Waals surface area contributed by atoms with Gasteiger partial charge in [0.25, 0.3) is 0 Å². The molecule has 0 amide bonds. The van der Waals surface area contributed by atoms with Crippen LogP contribution in [0.3, 0.4) is 0 Å². The van der Waals surface area contributed by atoms with Gasteiger partial charge < -0.3 is 0 Å². The molecule has 22 heavy (non-hydrogen) atoms. The largest absolute Gasteiger partial charge is 0.207 e. The van der Waals surface area contributed by atoms with E-state index in [2.05, 4.69) is 6.92 Å². The molecule has 2 atom stereocenters. The summed E-state index contributed by atoms with van der Waals surface area (Å²) in [5, 5.41) is 1.56. The van der Waals surface area contributed by atoms with Crippen LogP contribution in [0, 0.1) is 5.82 Å². The SMILES string of the molecule is CC(CCC(C)c1ccc(Cl)cc1F)c1ccc(Cl)c(Cl)c1. The van der Waals surface area contributed by atoms with Gasteiger partial charge in [0.05, 0.1) is 10.0 Å². The van der Waals surface area contributed by atoms with E-state index in [1.54, 1.807) is 12.1 Å². The van der Waals surface area contributed by atoms with Crippen molar-refractivity contribution in [3.8, 4) is 0 Å². The van der Waals surface area contributed by atoms with Crippen molar-refractivity contribution in [3.63, 3.8) is 0 Å². The van der Waals surface area contributed by atoms with Crippen LogP contribution in [0.15, 0.2) is 36.4 Å². The molecule has 0 nitrogen and oxygen atoms in total. The molecule has 4 heteroatoms. The Morgan fingerprint density at radius 3 is 2.18 bits per heavy atom. The topological polar surface area (TPSA) is 0 Å². The number of halogens is 4. The first-order valence-corrected chi connectivity index (χ1v) is 8.41. The first-order valence-electron chi connectivity index (χ1n) is 7.28. The van der Waals surface area contributed by atoms with Crippen molar-refractivity contribution in [1.82, 2.24) is 0 Å². The van der Waals surface area contributed by atoms with Crippen molar-refractivity contribution in [1.29, 1.82) is 0 Å².